The minimum absolute atomic E-state index is 0.0273. The number of ether oxygens (including phenoxy) is 1. The third-order valence-electron chi connectivity index (χ3n) is 4.19. The highest BCUT2D eigenvalue weighted by molar-refractivity contribution is 7.91. The zero-order valence-electron chi connectivity index (χ0n) is 16.2. The van der Waals surface area contributed by atoms with Crippen molar-refractivity contribution in [3.63, 3.8) is 0 Å². The molecular formula is C21H22N2O4S2. The van der Waals surface area contributed by atoms with Gasteiger partial charge in [-0.2, -0.15) is 0 Å². The SMILES string of the molecule is CCCOc1ccc(-c2csc(NC(=O)c3ccccc3S(=O)(=O)CC)n2)cc1. The van der Waals surface area contributed by atoms with Crippen LogP contribution in [0.15, 0.2) is 58.8 Å². The number of rotatable bonds is 8. The number of hydrogen-bond donors (Lipinski definition) is 1. The summed E-state index contributed by atoms with van der Waals surface area (Å²) in [5.74, 6) is 0.228. The molecule has 0 saturated carbocycles. The summed E-state index contributed by atoms with van der Waals surface area (Å²) in [6, 6.07) is 13.8. The predicted octanol–water partition coefficient (Wildman–Crippen LogP) is 4.64. The van der Waals surface area contributed by atoms with Crippen molar-refractivity contribution < 1.29 is 17.9 Å². The fourth-order valence-corrected chi connectivity index (χ4v) is 4.46. The first kappa shape index (κ1) is 21.0. The number of carbonyl (C=O) groups excluding carboxylic acids is 1. The van der Waals surface area contributed by atoms with Crippen molar-refractivity contribution in [1.29, 1.82) is 0 Å². The lowest BCUT2D eigenvalue weighted by Crippen LogP contribution is -2.17. The summed E-state index contributed by atoms with van der Waals surface area (Å²) in [5.41, 5.74) is 1.74. The van der Waals surface area contributed by atoms with Gasteiger partial charge in [0.2, 0.25) is 0 Å². The lowest BCUT2D eigenvalue weighted by molar-refractivity contribution is 0.102. The molecule has 0 radical (unpaired) electrons. The smallest absolute Gasteiger partial charge is 0.258 e. The minimum Gasteiger partial charge on any atom is -0.494 e. The van der Waals surface area contributed by atoms with Crippen LogP contribution in [0.3, 0.4) is 0 Å². The van der Waals surface area contributed by atoms with Crippen LogP contribution in [0.25, 0.3) is 11.3 Å². The molecule has 1 N–H and O–H groups in total. The number of aromatic nitrogens is 1. The van der Waals surface area contributed by atoms with E-state index in [1.54, 1.807) is 19.1 Å². The van der Waals surface area contributed by atoms with Gasteiger partial charge in [-0.1, -0.05) is 26.0 Å². The summed E-state index contributed by atoms with van der Waals surface area (Å²) in [6.45, 7) is 4.27. The fourth-order valence-electron chi connectivity index (χ4n) is 2.65. The van der Waals surface area contributed by atoms with Crippen LogP contribution in [0, 0.1) is 0 Å². The minimum atomic E-state index is -3.50. The summed E-state index contributed by atoms with van der Waals surface area (Å²) >= 11 is 1.28. The van der Waals surface area contributed by atoms with Crippen molar-refractivity contribution >= 4 is 32.2 Å². The van der Waals surface area contributed by atoms with Crippen LogP contribution < -0.4 is 10.1 Å². The normalized spacial score (nSPS) is 11.2. The summed E-state index contributed by atoms with van der Waals surface area (Å²) in [4.78, 5) is 17.1. The highest BCUT2D eigenvalue weighted by atomic mass is 32.2. The molecule has 2 aromatic carbocycles. The number of hydrogen-bond acceptors (Lipinski definition) is 6. The van der Waals surface area contributed by atoms with Crippen LogP contribution in [0.2, 0.25) is 0 Å². The highest BCUT2D eigenvalue weighted by Gasteiger charge is 2.21. The number of benzene rings is 2. The molecule has 1 aromatic heterocycles. The van der Waals surface area contributed by atoms with Crippen molar-refractivity contribution in [2.75, 3.05) is 17.7 Å². The second kappa shape index (κ2) is 9.19. The Morgan fingerprint density at radius 3 is 2.52 bits per heavy atom. The van der Waals surface area contributed by atoms with Gasteiger partial charge >= 0.3 is 0 Å². The van der Waals surface area contributed by atoms with E-state index >= 15 is 0 Å². The van der Waals surface area contributed by atoms with Gasteiger partial charge < -0.3 is 4.74 Å². The molecule has 29 heavy (non-hydrogen) atoms. The molecule has 152 valence electrons. The van der Waals surface area contributed by atoms with Crippen molar-refractivity contribution in [2.24, 2.45) is 0 Å². The van der Waals surface area contributed by atoms with E-state index in [-0.39, 0.29) is 16.2 Å². The maximum atomic E-state index is 12.7. The molecule has 1 heterocycles. The second-order valence-electron chi connectivity index (χ2n) is 6.26. The zero-order valence-corrected chi connectivity index (χ0v) is 17.8. The van der Waals surface area contributed by atoms with Gasteiger partial charge in [-0.25, -0.2) is 13.4 Å². The first-order valence-electron chi connectivity index (χ1n) is 9.26. The Labute approximate surface area is 174 Å². The molecule has 8 heteroatoms. The molecule has 0 fully saturated rings. The van der Waals surface area contributed by atoms with Gasteiger partial charge in [0, 0.05) is 10.9 Å². The average Bonchev–Trinajstić information content (AvgIpc) is 3.21. The molecule has 1 amide bonds. The lowest BCUT2D eigenvalue weighted by Gasteiger charge is -2.08. The molecule has 6 nitrogen and oxygen atoms in total. The van der Waals surface area contributed by atoms with E-state index in [1.807, 2.05) is 29.6 Å². The first-order valence-corrected chi connectivity index (χ1v) is 11.8. The number of nitrogens with one attached hydrogen (secondary N) is 1. The molecule has 0 aliphatic rings. The van der Waals surface area contributed by atoms with Crippen molar-refractivity contribution in [1.82, 2.24) is 4.98 Å². The summed E-state index contributed by atoms with van der Waals surface area (Å²) in [6.07, 6.45) is 0.944. The van der Waals surface area contributed by atoms with Gasteiger partial charge in [-0.05, 0) is 42.8 Å². The van der Waals surface area contributed by atoms with E-state index in [1.165, 1.54) is 23.5 Å². The summed E-state index contributed by atoms with van der Waals surface area (Å²) in [5, 5.41) is 4.95. The van der Waals surface area contributed by atoms with Crippen molar-refractivity contribution in [3.8, 4) is 17.0 Å². The molecule has 0 aliphatic carbocycles. The van der Waals surface area contributed by atoms with E-state index in [9.17, 15) is 13.2 Å². The van der Waals surface area contributed by atoms with E-state index in [4.69, 9.17) is 4.74 Å². The maximum absolute atomic E-state index is 12.7. The Hall–Kier alpha value is -2.71. The zero-order chi connectivity index (χ0) is 20.9. The molecule has 3 rings (SSSR count). The number of amides is 1. The standard InChI is InChI=1S/C21H22N2O4S2/c1-3-13-27-16-11-9-15(10-12-16)18-14-28-21(22-18)23-20(24)17-7-5-6-8-19(17)29(25,26)4-2/h5-12,14H,3-4,13H2,1-2H3,(H,22,23,24). The van der Waals surface area contributed by atoms with E-state index in [2.05, 4.69) is 17.2 Å². The number of sulfone groups is 1. The Morgan fingerprint density at radius 2 is 1.83 bits per heavy atom. The van der Waals surface area contributed by atoms with Crippen LogP contribution >= 0.6 is 11.3 Å². The van der Waals surface area contributed by atoms with Gasteiger partial charge in [0.15, 0.2) is 15.0 Å². The number of thiazole rings is 1. The third kappa shape index (κ3) is 5.02. The Balaban J connectivity index is 1.76. The molecular weight excluding hydrogens is 408 g/mol. The topological polar surface area (TPSA) is 85.4 Å². The lowest BCUT2D eigenvalue weighted by atomic mass is 10.2. The maximum Gasteiger partial charge on any atom is 0.258 e. The molecule has 0 unspecified atom stereocenters. The number of nitrogens with zero attached hydrogens (tertiary/aromatic N) is 1. The Bertz CT molecular complexity index is 1090. The van der Waals surface area contributed by atoms with Crippen molar-refractivity contribution in [2.45, 2.75) is 25.2 Å². The molecule has 0 atom stereocenters. The fraction of sp³-hybridized carbons (Fsp3) is 0.238. The average molecular weight is 431 g/mol. The van der Waals surface area contributed by atoms with E-state index in [0.717, 1.165) is 23.4 Å². The largest absolute Gasteiger partial charge is 0.494 e. The Morgan fingerprint density at radius 1 is 1.10 bits per heavy atom. The van der Waals surface area contributed by atoms with Crippen LogP contribution in [0.1, 0.15) is 30.6 Å². The number of carbonyl (C=O) groups is 1. The monoisotopic (exact) mass is 430 g/mol. The third-order valence-corrected chi connectivity index (χ3v) is 6.74. The van der Waals surface area contributed by atoms with Gasteiger partial charge in [0.1, 0.15) is 5.75 Å². The summed E-state index contributed by atoms with van der Waals surface area (Å²) < 4.78 is 30.1. The molecule has 0 aliphatic heterocycles. The van der Waals surface area contributed by atoms with Crippen LogP contribution in [-0.2, 0) is 9.84 Å². The molecule has 0 bridgehead atoms. The van der Waals surface area contributed by atoms with Crippen LogP contribution in [-0.4, -0.2) is 31.7 Å². The first-order chi connectivity index (χ1) is 13.9. The van der Waals surface area contributed by atoms with E-state index < -0.39 is 15.7 Å². The summed E-state index contributed by atoms with van der Waals surface area (Å²) in [7, 11) is -3.50. The Kier molecular flexibility index (Phi) is 6.66. The van der Waals surface area contributed by atoms with Crippen LogP contribution in [0.4, 0.5) is 5.13 Å². The van der Waals surface area contributed by atoms with Gasteiger partial charge in [-0.3, -0.25) is 10.1 Å². The van der Waals surface area contributed by atoms with E-state index in [0.29, 0.717) is 11.7 Å². The highest BCUT2D eigenvalue weighted by Crippen LogP contribution is 2.27. The van der Waals surface area contributed by atoms with Gasteiger partial charge in [-0.15, -0.1) is 11.3 Å². The molecule has 0 spiro atoms. The second-order valence-corrected chi connectivity index (χ2v) is 9.37. The van der Waals surface area contributed by atoms with Crippen molar-refractivity contribution in [3.05, 3.63) is 59.5 Å². The quantitative estimate of drug-likeness (QED) is 0.562. The van der Waals surface area contributed by atoms with Gasteiger partial charge in [0.25, 0.3) is 5.91 Å². The predicted molar refractivity (Wildman–Crippen MR) is 115 cm³/mol. The molecule has 0 saturated heterocycles. The molecule has 3 aromatic rings. The van der Waals surface area contributed by atoms with Gasteiger partial charge in [0.05, 0.1) is 28.5 Å². The number of anilines is 1. The van der Waals surface area contributed by atoms with Crippen LogP contribution in [0.5, 0.6) is 5.75 Å².